The third-order valence-electron chi connectivity index (χ3n) is 3.39. The van der Waals surface area contributed by atoms with Crippen LogP contribution < -0.4 is 0 Å². The first kappa shape index (κ1) is 11.0. The van der Waals surface area contributed by atoms with Gasteiger partial charge >= 0.3 is 0 Å². The van der Waals surface area contributed by atoms with Gasteiger partial charge < -0.3 is 4.90 Å². The number of likely N-dealkylation sites (tertiary alicyclic amines) is 1. The lowest BCUT2D eigenvalue weighted by Gasteiger charge is -2.40. The average molecular weight is 183 g/mol. The lowest BCUT2D eigenvalue weighted by Crippen LogP contribution is -2.44. The smallest absolute Gasteiger partial charge is 0.00388 e. The molecule has 0 aliphatic carbocycles. The summed E-state index contributed by atoms with van der Waals surface area (Å²) in [7, 11) is 0. The van der Waals surface area contributed by atoms with Crippen molar-refractivity contribution in [1.82, 2.24) is 4.90 Å². The number of hydrogen-bond donors (Lipinski definition) is 0. The highest BCUT2D eigenvalue weighted by molar-refractivity contribution is 4.80. The zero-order valence-corrected chi connectivity index (χ0v) is 9.88. The third-order valence-corrected chi connectivity index (χ3v) is 3.39. The summed E-state index contributed by atoms with van der Waals surface area (Å²) in [6, 6.07) is 0.726. The monoisotopic (exact) mass is 183 g/mol. The van der Waals surface area contributed by atoms with Crippen molar-refractivity contribution in [2.45, 2.75) is 47.1 Å². The first-order chi connectivity index (χ1) is 6.00. The van der Waals surface area contributed by atoms with E-state index < -0.39 is 0 Å². The van der Waals surface area contributed by atoms with Gasteiger partial charge in [-0.2, -0.15) is 0 Å². The number of nitrogens with zero attached hydrogens (tertiary/aromatic N) is 1. The standard InChI is InChI=1S/C12H25N/c1-9(2)12-6-11(5)7-13(8-12)10(3)4/h9-12H,6-8H2,1-5H3. The van der Waals surface area contributed by atoms with Crippen molar-refractivity contribution in [2.24, 2.45) is 17.8 Å². The summed E-state index contributed by atoms with van der Waals surface area (Å²) in [5.41, 5.74) is 0. The van der Waals surface area contributed by atoms with Crippen molar-refractivity contribution in [2.75, 3.05) is 13.1 Å². The summed E-state index contributed by atoms with van der Waals surface area (Å²) < 4.78 is 0. The van der Waals surface area contributed by atoms with Gasteiger partial charge in [0.05, 0.1) is 0 Å². The Hall–Kier alpha value is -0.0400. The van der Waals surface area contributed by atoms with Crippen LogP contribution in [-0.2, 0) is 0 Å². The van der Waals surface area contributed by atoms with E-state index in [0.717, 1.165) is 23.8 Å². The predicted molar refractivity (Wildman–Crippen MR) is 58.8 cm³/mol. The Balaban J connectivity index is 2.52. The summed E-state index contributed by atoms with van der Waals surface area (Å²) in [5, 5.41) is 0. The molecule has 1 heteroatoms. The van der Waals surface area contributed by atoms with Gasteiger partial charge in [0.25, 0.3) is 0 Å². The van der Waals surface area contributed by atoms with Crippen molar-refractivity contribution in [3.63, 3.8) is 0 Å². The summed E-state index contributed by atoms with van der Waals surface area (Å²) in [6.45, 7) is 14.4. The van der Waals surface area contributed by atoms with Crippen LogP contribution in [0.15, 0.2) is 0 Å². The van der Waals surface area contributed by atoms with Gasteiger partial charge in [0.1, 0.15) is 0 Å². The van der Waals surface area contributed by atoms with Crippen LogP contribution in [0.4, 0.5) is 0 Å². The van der Waals surface area contributed by atoms with Gasteiger partial charge in [-0.25, -0.2) is 0 Å². The lowest BCUT2D eigenvalue weighted by molar-refractivity contribution is 0.0824. The maximum absolute atomic E-state index is 2.64. The van der Waals surface area contributed by atoms with Crippen LogP contribution >= 0.6 is 0 Å². The molecule has 1 rings (SSSR count). The topological polar surface area (TPSA) is 3.24 Å². The van der Waals surface area contributed by atoms with Crippen LogP contribution in [-0.4, -0.2) is 24.0 Å². The van der Waals surface area contributed by atoms with Gasteiger partial charge in [-0.1, -0.05) is 20.8 Å². The largest absolute Gasteiger partial charge is 0.300 e. The molecule has 1 aliphatic heterocycles. The fraction of sp³-hybridized carbons (Fsp3) is 1.00. The first-order valence-electron chi connectivity index (χ1n) is 5.74. The first-order valence-corrected chi connectivity index (χ1v) is 5.74. The van der Waals surface area contributed by atoms with Crippen LogP contribution in [0, 0.1) is 17.8 Å². The molecular weight excluding hydrogens is 158 g/mol. The molecule has 2 atom stereocenters. The maximum Gasteiger partial charge on any atom is 0.00388 e. The van der Waals surface area contributed by atoms with Gasteiger partial charge in [-0.15, -0.1) is 0 Å². The molecule has 0 aromatic heterocycles. The quantitative estimate of drug-likeness (QED) is 0.636. The van der Waals surface area contributed by atoms with E-state index in [-0.39, 0.29) is 0 Å². The predicted octanol–water partition coefficient (Wildman–Crippen LogP) is 3.01. The number of rotatable bonds is 2. The minimum Gasteiger partial charge on any atom is -0.300 e. The lowest BCUT2D eigenvalue weighted by atomic mass is 9.83. The molecule has 2 unspecified atom stereocenters. The molecule has 0 N–H and O–H groups in total. The Morgan fingerprint density at radius 3 is 2.15 bits per heavy atom. The molecule has 0 aromatic carbocycles. The summed E-state index contributed by atoms with van der Waals surface area (Å²) in [4.78, 5) is 2.64. The van der Waals surface area contributed by atoms with Gasteiger partial charge in [0.2, 0.25) is 0 Å². The van der Waals surface area contributed by atoms with Crippen molar-refractivity contribution in [3.8, 4) is 0 Å². The highest BCUT2D eigenvalue weighted by Gasteiger charge is 2.27. The molecule has 0 radical (unpaired) electrons. The Morgan fingerprint density at radius 1 is 1.08 bits per heavy atom. The minimum absolute atomic E-state index is 0.726. The molecule has 1 fully saturated rings. The Labute approximate surface area is 83.5 Å². The Bertz CT molecular complexity index is 135. The van der Waals surface area contributed by atoms with E-state index in [1.165, 1.54) is 19.5 Å². The van der Waals surface area contributed by atoms with E-state index in [1.54, 1.807) is 0 Å². The van der Waals surface area contributed by atoms with Crippen LogP contribution in [0.3, 0.4) is 0 Å². The normalized spacial score (nSPS) is 31.6. The Morgan fingerprint density at radius 2 is 1.69 bits per heavy atom. The van der Waals surface area contributed by atoms with Crippen LogP contribution in [0.5, 0.6) is 0 Å². The molecular formula is C12H25N. The molecule has 0 aromatic rings. The molecule has 0 bridgehead atoms. The molecule has 13 heavy (non-hydrogen) atoms. The molecule has 1 aliphatic rings. The van der Waals surface area contributed by atoms with E-state index in [4.69, 9.17) is 0 Å². The average Bonchev–Trinajstić information content (AvgIpc) is 2.03. The molecule has 78 valence electrons. The minimum atomic E-state index is 0.726. The van der Waals surface area contributed by atoms with Crippen molar-refractivity contribution < 1.29 is 0 Å². The molecule has 0 spiro atoms. The van der Waals surface area contributed by atoms with Crippen LogP contribution in [0.25, 0.3) is 0 Å². The van der Waals surface area contributed by atoms with E-state index in [2.05, 4.69) is 39.5 Å². The fourth-order valence-corrected chi connectivity index (χ4v) is 2.35. The zero-order valence-electron chi connectivity index (χ0n) is 9.88. The summed E-state index contributed by atoms with van der Waals surface area (Å²) in [6.07, 6.45) is 1.43. The molecule has 1 saturated heterocycles. The second kappa shape index (κ2) is 4.45. The highest BCUT2D eigenvalue weighted by atomic mass is 15.2. The number of piperidine rings is 1. The summed E-state index contributed by atoms with van der Waals surface area (Å²) >= 11 is 0. The van der Waals surface area contributed by atoms with Gasteiger partial charge in [0.15, 0.2) is 0 Å². The molecule has 0 amide bonds. The van der Waals surface area contributed by atoms with Crippen molar-refractivity contribution >= 4 is 0 Å². The fourth-order valence-electron chi connectivity index (χ4n) is 2.35. The van der Waals surface area contributed by atoms with E-state index in [1.807, 2.05) is 0 Å². The third kappa shape index (κ3) is 2.98. The molecule has 1 nitrogen and oxygen atoms in total. The highest BCUT2D eigenvalue weighted by Crippen LogP contribution is 2.27. The molecule has 1 heterocycles. The van der Waals surface area contributed by atoms with Gasteiger partial charge in [-0.05, 0) is 38.0 Å². The SMILES string of the molecule is CC1CC(C(C)C)CN(C(C)C)C1. The second-order valence-corrected chi connectivity index (χ2v) is 5.39. The van der Waals surface area contributed by atoms with Gasteiger partial charge in [0, 0.05) is 19.1 Å². The maximum atomic E-state index is 2.64. The van der Waals surface area contributed by atoms with Crippen LogP contribution in [0.2, 0.25) is 0 Å². The van der Waals surface area contributed by atoms with E-state index in [9.17, 15) is 0 Å². The van der Waals surface area contributed by atoms with Crippen LogP contribution in [0.1, 0.15) is 41.0 Å². The Kier molecular flexibility index (Phi) is 3.78. The van der Waals surface area contributed by atoms with Crippen molar-refractivity contribution in [3.05, 3.63) is 0 Å². The summed E-state index contributed by atoms with van der Waals surface area (Å²) in [5.74, 6) is 2.67. The zero-order chi connectivity index (χ0) is 10.0. The van der Waals surface area contributed by atoms with Crippen molar-refractivity contribution in [1.29, 1.82) is 0 Å². The molecule has 0 saturated carbocycles. The van der Waals surface area contributed by atoms with Gasteiger partial charge in [-0.3, -0.25) is 0 Å². The van der Waals surface area contributed by atoms with E-state index >= 15 is 0 Å². The number of hydrogen-bond acceptors (Lipinski definition) is 1. The second-order valence-electron chi connectivity index (χ2n) is 5.39. The van der Waals surface area contributed by atoms with E-state index in [0.29, 0.717) is 0 Å².